The number of halogens is 2. The first-order valence-electron chi connectivity index (χ1n) is 6.09. The minimum absolute atomic E-state index is 0.235. The summed E-state index contributed by atoms with van der Waals surface area (Å²) >= 11 is 10.7. The molecule has 0 radical (unpaired) electrons. The SMILES string of the molecule is O=C(Cl)Cc1ccc(-c2ccc(CC(=O)Cl)cc2)cc1. The quantitative estimate of drug-likeness (QED) is 0.783. The molecule has 4 heteroatoms. The van der Waals surface area contributed by atoms with Crippen LogP contribution in [0.2, 0.25) is 0 Å². The summed E-state index contributed by atoms with van der Waals surface area (Å²) in [5, 5.41) is -0.735. The minimum atomic E-state index is -0.368. The van der Waals surface area contributed by atoms with Gasteiger partial charge in [0, 0.05) is 12.8 Å². The van der Waals surface area contributed by atoms with Crippen molar-refractivity contribution < 1.29 is 9.59 Å². The predicted molar refractivity (Wildman–Crippen MR) is 81.0 cm³/mol. The lowest BCUT2D eigenvalue weighted by Crippen LogP contribution is -1.94. The van der Waals surface area contributed by atoms with Crippen molar-refractivity contribution in [2.24, 2.45) is 0 Å². The van der Waals surface area contributed by atoms with Crippen LogP contribution in [0.15, 0.2) is 48.5 Å². The maximum atomic E-state index is 10.8. The van der Waals surface area contributed by atoms with Crippen LogP contribution in [0.5, 0.6) is 0 Å². The van der Waals surface area contributed by atoms with Gasteiger partial charge in [0.05, 0.1) is 0 Å². The Kier molecular flexibility index (Phi) is 4.94. The first-order chi connectivity index (χ1) is 9.54. The van der Waals surface area contributed by atoms with E-state index in [1.54, 1.807) is 0 Å². The van der Waals surface area contributed by atoms with E-state index in [-0.39, 0.29) is 23.3 Å². The van der Waals surface area contributed by atoms with E-state index in [1.165, 1.54) is 0 Å². The first-order valence-corrected chi connectivity index (χ1v) is 6.85. The Morgan fingerprint density at radius 3 is 1.20 bits per heavy atom. The monoisotopic (exact) mass is 306 g/mol. The van der Waals surface area contributed by atoms with Gasteiger partial charge in [-0.2, -0.15) is 0 Å². The molecular weight excluding hydrogens is 295 g/mol. The van der Waals surface area contributed by atoms with E-state index in [1.807, 2.05) is 48.5 Å². The maximum absolute atomic E-state index is 10.8. The highest BCUT2D eigenvalue weighted by Gasteiger charge is 2.03. The standard InChI is InChI=1S/C16H12Cl2O2/c17-15(19)9-11-1-5-13(6-2-11)14-7-3-12(4-8-14)10-16(18)20/h1-8H,9-10H2. The maximum Gasteiger partial charge on any atom is 0.226 e. The normalized spacial score (nSPS) is 10.3. The number of rotatable bonds is 5. The molecule has 0 amide bonds. The molecule has 0 saturated heterocycles. The topological polar surface area (TPSA) is 34.1 Å². The van der Waals surface area contributed by atoms with Crippen LogP contribution in [0.25, 0.3) is 11.1 Å². The molecule has 0 aliphatic heterocycles. The zero-order valence-electron chi connectivity index (χ0n) is 10.6. The van der Waals surface area contributed by atoms with Crippen LogP contribution in [0.1, 0.15) is 11.1 Å². The Bertz CT molecular complexity index is 558. The van der Waals surface area contributed by atoms with Gasteiger partial charge in [-0.05, 0) is 45.5 Å². The van der Waals surface area contributed by atoms with Crippen LogP contribution in [0.3, 0.4) is 0 Å². The Morgan fingerprint density at radius 2 is 0.950 bits per heavy atom. The zero-order valence-corrected chi connectivity index (χ0v) is 12.1. The number of carbonyl (C=O) groups is 2. The summed E-state index contributed by atoms with van der Waals surface area (Å²) in [4.78, 5) is 21.6. The highest BCUT2D eigenvalue weighted by Crippen LogP contribution is 2.21. The van der Waals surface area contributed by atoms with Crippen molar-refractivity contribution in [3.63, 3.8) is 0 Å². The van der Waals surface area contributed by atoms with Crippen molar-refractivity contribution in [1.82, 2.24) is 0 Å². The van der Waals surface area contributed by atoms with Crippen LogP contribution in [-0.4, -0.2) is 10.5 Å². The van der Waals surface area contributed by atoms with E-state index in [9.17, 15) is 9.59 Å². The van der Waals surface area contributed by atoms with Crippen molar-refractivity contribution in [2.45, 2.75) is 12.8 Å². The van der Waals surface area contributed by atoms with Gasteiger partial charge >= 0.3 is 0 Å². The predicted octanol–water partition coefficient (Wildman–Crippen LogP) is 3.97. The number of hydrogen-bond acceptors (Lipinski definition) is 2. The Labute approximate surface area is 127 Å². The molecule has 0 heterocycles. The lowest BCUT2D eigenvalue weighted by molar-refractivity contribution is -0.111. The molecule has 0 aromatic heterocycles. The summed E-state index contributed by atoms with van der Waals surface area (Å²) in [7, 11) is 0. The molecule has 0 aliphatic rings. The highest BCUT2D eigenvalue weighted by molar-refractivity contribution is 6.64. The molecule has 0 saturated carbocycles. The largest absolute Gasteiger partial charge is 0.281 e. The van der Waals surface area contributed by atoms with Gasteiger partial charge in [0.1, 0.15) is 0 Å². The second-order valence-electron chi connectivity index (χ2n) is 4.46. The van der Waals surface area contributed by atoms with E-state index in [0.29, 0.717) is 0 Å². The number of carbonyl (C=O) groups excluding carboxylic acids is 2. The molecule has 102 valence electrons. The molecule has 0 spiro atoms. The van der Waals surface area contributed by atoms with E-state index in [4.69, 9.17) is 23.2 Å². The van der Waals surface area contributed by atoms with Crippen LogP contribution in [0, 0.1) is 0 Å². The smallest absolute Gasteiger partial charge is 0.226 e. The Morgan fingerprint density at radius 1 is 0.650 bits per heavy atom. The molecular formula is C16H12Cl2O2. The Hall–Kier alpha value is -1.64. The minimum Gasteiger partial charge on any atom is -0.281 e. The number of benzene rings is 2. The summed E-state index contributed by atoms with van der Waals surface area (Å²) in [6, 6.07) is 15.3. The fraction of sp³-hybridized carbons (Fsp3) is 0.125. The van der Waals surface area contributed by atoms with Crippen molar-refractivity contribution in [2.75, 3.05) is 0 Å². The summed E-state index contributed by atoms with van der Waals surface area (Å²) < 4.78 is 0. The third-order valence-corrected chi connectivity index (χ3v) is 3.19. The van der Waals surface area contributed by atoms with Crippen molar-refractivity contribution >= 4 is 33.7 Å². The second kappa shape index (κ2) is 6.69. The zero-order chi connectivity index (χ0) is 14.5. The van der Waals surface area contributed by atoms with Gasteiger partial charge in [-0.25, -0.2) is 0 Å². The molecule has 0 unspecified atom stereocenters. The first kappa shape index (κ1) is 14.8. The van der Waals surface area contributed by atoms with E-state index in [0.717, 1.165) is 22.3 Å². The van der Waals surface area contributed by atoms with Gasteiger partial charge in [0.15, 0.2) is 0 Å². The molecule has 0 fully saturated rings. The fourth-order valence-electron chi connectivity index (χ4n) is 1.95. The van der Waals surface area contributed by atoms with E-state index in [2.05, 4.69) is 0 Å². The van der Waals surface area contributed by atoms with Gasteiger partial charge in [0.25, 0.3) is 0 Å². The molecule has 2 nitrogen and oxygen atoms in total. The Balaban J connectivity index is 2.15. The molecule has 2 aromatic rings. The summed E-state index contributed by atoms with van der Waals surface area (Å²) in [6.45, 7) is 0. The van der Waals surface area contributed by atoms with Crippen LogP contribution < -0.4 is 0 Å². The molecule has 0 N–H and O–H groups in total. The lowest BCUT2D eigenvalue weighted by atomic mass is 10.0. The molecule has 20 heavy (non-hydrogen) atoms. The molecule has 0 aliphatic carbocycles. The van der Waals surface area contributed by atoms with Crippen LogP contribution in [0.4, 0.5) is 0 Å². The van der Waals surface area contributed by atoms with Gasteiger partial charge in [-0.3, -0.25) is 9.59 Å². The molecule has 0 atom stereocenters. The van der Waals surface area contributed by atoms with E-state index < -0.39 is 0 Å². The average Bonchev–Trinajstić information content (AvgIpc) is 2.39. The average molecular weight is 307 g/mol. The molecule has 2 aromatic carbocycles. The van der Waals surface area contributed by atoms with Gasteiger partial charge in [-0.15, -0.1) is 0 Å². The van der Waals surface area contributed by atoms with Crippen molar-refractivity contribution in [3.05, 3.63) is 59.7 Å². The summed E-state index contributed by atoms with van der Waals surface area (Å²) in [6.07, 6.45) is 0.469. The molecule has 0 bridgehead atoms. The fourth-order valence-corrected chi connectivity index (χ4v) is 2.26. The van der Waals surface area contributed by atoms with Gasteiger partial charge < -0.3 is 0 Å². The van der Waals surface area contributed by atoms with Crippen LogP contribution >= 0.6 is 23.2 Å². The van der Waals surface area contributed by atoms with Gasteiger partial charge in [-0.1, -0.05) is 48.5 Å². The van der Waals surface area contributed by atoms with Crippen LogP contribution in [-0.2, 0) is 22.4 Å². The van der Waals surface area contributed by atoms with E-state index >= 15 is 0 Å². The third-order valence-electron chi connectivity index (χ3n) is 2.93. The van der Waals surface area contributed by atoms with Crippen molar-refractivity contribution in [3.8, 4) is 11.1 Å². The lowest BCUT2D eigenvalue weighted by Gasteiger charge is -2.04. The number of hydrogen-bond donors (Lipinski definition) is 0. The second-order valence-corrected chi connectivity index (χ2v) is 5.30. The third kappa shape index (κ3) is 4.19. The summed E-state index contributed by atoms with van der Waals surface area (Å²) in [5.74, 6) is 0. The molecule has 2 rings (SSSR count). The highest BCUT2D eigenvalue weighted by atomic mass is 35.5. The van der Waals surface area contributed by atoms with Crippen molar-refractivity contribution in [1.29, 1.82) is 0 Å². The van der Waals surface area contributed by atoms with Gasteiger partial charge in [0.2, 0.25) is 10.5 Å². The summed E-state index contributed by atoms with van der Waals surface area (Å²) in [5.41, 5.74) is 3.86.